The molecule has 4 aliphatic rings. The molecule has 1 amide bonds. The maximum absolute atomic E-state index is 12.3. The van der Waals surface area contributed by atoms with Crippen molar-refractivity contribution >= 4 is 11.5 Å². The number of likely N-dealkylation sites (N-methyl/N-ethyl adjacent to an activating group) is 1. The van der Waals surface area contributed by atoms with Gasteiger partial charge in [-0.15, -0.1) is 0 Å². The number of hydrogen-bond acceptors (Lipinski definition) is 3. The van der Waals surface area contributed by atoms with Gasteiger partial charge in [0.25, 0.3) is 0 Å². The molecule has 3 saturated carbocycles. The maximum atomic E-state index is 12.3. The Hall–Kier alpha value is -1.97. The van der Waals surface area contributed by atoms with Gasteiger partial charge in [-0.05, 0) is 80.3 Å². The molecule has 3 fully saturated rings. The first-order chi connectivity index (χ1) is 13.9. The van der Waals surface area contributed by atoms with E-state index in [1.165, 1.54) is 37.7 Å². The van der Waals surface area contributed by atoms with Gasteiger partial charge in [0, 0.05) is 30.9 Å². The van der Waals surface area contributed by atoms with Crippen molar-refractivity contribution in [3.63, 3.8) is 0 Å². The number of amides is 1. The van der Waals surface area contributed by atoms with Crippen molar-refractivity contribution in [1.82, 2.24) is 14.9 Å². The summed E-state index contributed by atoms with van der Waals surface area (Å²) in [6.07, 6.45) is 17.0. The Bertz CT molecular complexity index is 891. The van der Waals surface area contributed by atoms with Crippen LogP contribution in [0.1, 0.15) is 65.0 Å². The third-order valence-electron chi connectivity index (χ3n) is 9.31. The summed E-state index contributed by atoms with van der Waals surface area (Å²) in [4.78, 5) is 23.2. The number of aromatic nitrogens is 2. The Morgan fingerprint density at radius 1 is 1.14 bits per heavy atom. The molecule has 154 valence electrons. The molecule has 1 aliphatic heterocycles. The zero-order valence-electron chi connectivity index (χ0n) is 18.2. The molecule has 29 heavy (non-hydrogen) atoms. The maximum Gasteiger partial charge on any atom is 0.246 e. The van der Waals surface area contributed by atoms with E-state index in [9.17, 15) is 4.79 Å². The second-order valence-electron chi connectivity index (χ2n) is 10.3. The lowest BCUT2D eigenvalue weighted by Crippen LogP contribution is -2.59. The van der Waals surface area contributed by atoms with Gasteiger partial charge in [0.1, 0.15) is 0 Å². The quantitative estimate of drug-likeness (QED) is 0.685. The molecular weight excluding hydrogens is 358 g/mol. The number of hydrogen-bond donors (Lipinski definition) is 0. The van der Waals surface area contributed by atoms with Crippen LogP contribution < -0.4 is 0 Å². The SMILES string of the molecule is CC(=C1CC[C@H]2[C@@H]3CC[C@H]4N(C)C(=O)C=C[C@]4(C)[C@H]3CC[C@]12C)c1cnccn1. The minimum atomic E-state index is 0.124. The number of rotatable bonds is 1. The summed E-state index contributed by atoms with van der Waals surface area (Å²) in [6, 6.07) is 0.364. The number of carbonyl (C=O) groups is 1. The number of nitrogens with zero attached hydrogens (tertiary/aromatic N) is 3. The topological polar surface area (TPSA) is 46.1 Å². The van der Waals surface area contributed by atoms with Crippen LogP contribution in [-0.2, 0) is 4.79 Å². The summed E-state index contributed by atoms with van der Waals surface area (Å²) in [7, 11) is 2.00. The fourth-order valence-corrected chi connectivity index (χ4v) is 7.81. The minimum Gasteiger partial charge on any atom is -0.338 e. The van der Waals surface area contributed by atoms with Crippen LogP contribution in [0.15, 0.2) is 36.3 Å². The standard InChI is InChI=1S/C25H33N3O/c1-16(21-15-26-13-14-27-21)18-6-7-19-17-5-8-22-25(3,12-10-23(29)28(22)4)20(17)9-11-24(18,19)2/h10,12-15,17,19-20,22H,5-9,11H2,1-4H3/t17-,19-,20-,22+,24+,25+/m0/s1. The predicted molar refractivity (Wildman–Crippen MR) is 115 cm³/mol. The van der Waals surface area contributed by atoms with Crippen molar-refractivity contribution in [2.24, 2.45) is 28.6 Å². The lowest BCUT2D eigenvalue weighted by atomic mass is 9.48. The van der Waals surface area contributed by atoms with E-state index in [0.29, 0.717) is 12.0 Å². The highest BCUT2D eigenvalue weighted by atomic mass is 16.2. The summed E-state index contributed by atoms with van der Waals surface area (Å²) in [6.45, 7) is 7.20. The third-order valence-corrected chi connectivity index (χ3v) is 9.31. The molecular formula is C25H33N3O. The largest absolute Gasteiger partial charge is 0.338 e. The average Bonchev–Trinajstić information content (AvgIpc) is 3.08. The number of allylic oxidation sites excluding steroid dienone is 2. The van der Waals surface area contributed by atoms with Crippen molar-refractivity contribution in [2.75, 3.05) is 7.05 Å². The fourth-order valence-electron chi connectivity index (χ4n) is 7.81. The Balaban J connectivity index is 1.50. The molecule has 4 nitrogen and oxygen atoms in total. The van der Waals surface area contributed by atoms with Crippen molar-refractivity contribution in [2.45, 2.75) is 65.3 Å². The van der Waals surface area contributed by atoms with Gasteiger partial charge in [-0.1, -0.05) is 25.5 Å². The van der Waals surface area contributed by atoms with Crippen molar-refractivity contribution in [3.8, 4) is 0 Å². The molecule has 0 N–H and O–H groups in total. The van der Waals surface area contributed by atoms with E-state index in [4.69, 9.17) is 0 Å². The highest BCUT2D eigenvalue weighted by molar-refractivity contribution is 5.89. The van der Waals surface area contributed by atoms with E-state index < -0.39 is 0 Å². The second kappa shape index (κ2) is 6.52. The first-order valence-electron chi connectivity index (χ1n) is 11.3. The van der Waals surface area contributed by atoms with Crippen molar-refractivity contribution in [3.05, 3.63) is 42.0 Å². The average molecular weight is 392 g/mol. The fraction of sp³-hybridized carbons (Fsp3) is 0.640. The molecule has 0 bridgehead atoms. The van der Waals surface area contributed by atoms with E-state index in [0.717, 1.165) is 24.0 Å². The van der Waals surface area contributed by atoms with Gasteiger partial charge in [0.2, 0.25) is 5.91 Å². The van der Waals surface area contributed by atoms with Crippen LogP contribution in [0, 0.1) is 28.6 Å². The molecule has 3 aliphatic carbocycles. The molecule has 1 aromatic heterocycles. The van der Waals surface area contributed by atoms with E-state index >= 15 is 0 Å². The van der Waals surface area contributed by atoms with Crippen LogP contribution in [0.2, 0.25) is 0 Å². The summed E-state index contributed by atoms with van der Waals surface area (Å²) in [5, 5.41) is 0. The monoisotopic (exact) mass is 391 g/mol. The lowest BCUT2D eigenvalue weighted by molar-refractivity contribution is -0.137. The van der Waals surface area contributed by atoms with Gasteiger partial charge >= 0.3 is 0 Å². The van der Waals surface area contributed by atoms with Crippen LogP contribution in [0.25, 0.3) is 5.57 Å². The zero-order chi connectivity index (χ0) is 20.4. The number of fused-ring (bicyclic) bond motifs is 5. The van der Waals surface area contributed by atoms with Crippen molar-refractivity contribution < 1.29 is 4.79 Å². The van der Waals surface area contributed by atoms with Crippen LogP contribution in [0.4, 0.5) is 0 Å². The van der Waals surface area contributed by atoms with E-state index in [1.807, 2.05) is 24.2 Å². The molecule has 2 heterocycles. The molecule has 0 saturated heterocycles. The summed E-state index contributed by atoms with van der Waals surface area (Å²) in [5.74, 6) is 2.37. The second-order valence-corrected chi connectivity index (χ2v) is 10.3. The van der Waals surface area contributed by atoms with Gasteiger partial charge in [0.15, 0.2) is 0 Å². The highest BCUT2D eigenvalue weighted by Gasteiger charge is 2.59. The van der Waals surface area contributed by atoms with E-state index in [1.54, 1.807) is 18.0 Å². The molecule has 4 heteroatoms. The van der Waals surface area contributed by atoms with Crippen LogP contribution in [0.3, 0.4) is 0 Å². The van der Waals surface area contributed by atoms with Gasteiger partial charge in [-0.3, -0.25) is 14.8 Å². The first kappa shape index (κ1) is 19.0. The summed E-state index contributed by atoms with van der Waals surface area (Å²) in [5.41, 5.74) is 4.42. The molecule has 0 radical (unpaired) electrons. The Morgan fingerprint density at radius 3 is 2.72 bits per heavy atom. The molecule has 0 spiro atoms. The van der Waals surface area contributed by atoms with Crippen LogP contribution >= 0.6 is 0 Å². The third kappa shape index (κ3) is 2.60. The van der Waals surface area contributed by atoms with E-state index in [-0.39, 0.29) is 16.7 Å². The van der Waals surface area contributed by atoms with Gasteiger partial charge in [-0.25, -0.2) is 0 Å². The first-order valence-corrected chi connectivity index (χ1v) is 11.3. The predicted octanol–water partition coefficient (Wildman–Crippen LogP) is 4.89. The molecule has 1 aromatic rings. The molecule has 0 aromatic carbocycles. The minimum absolute atomic E-state index is 0.124. The molecule has 5 rings (SSSR count). The number of carbonyl (C=O) groups excluding carboxylic acids is 1. The molecule has 0 unspecified atom stereocenters. The van der Waals surface area contributed by atoms with Gasteiger partial charge < -0.3 is 4.90 Å². The zero-order valence-corrected chi connectivity index (χ0v) is 18.2. The smallest absolute Gasteiger partial charge is 0.246 e. The lowest BCUT2D eigenvalue weighted by Gasteiger charge is -2.59. The Kier molecular flexibility index (Phi) is 4.27. The highest BCUT2D eigenvalue weighted by Crippen LogP contribution is 2.66. The normalized spacial score (nSPS) is 42.9. The summed E-state index contributed by atoms with van der Waals surface area (Å²) >= 11 is 0. The van der Waals surface area contributed by atoms with Gasteiger partial charge in [0.05, 0.1) is 11.9 Å². The van der Waals surface area contributed by atoms with Crippen LogP contribution in [-0.4, -0.2) is 33.9 Å². The Morgan fingerprint density at radius 2 is 1.97 bits per heavy atom. The van der Waals surface area contributed by atoms with Gasteiger partial charge in [-0.2, -0.15) is 0 Å². The summed E-state index contributed by atoms with van der Waals surface area (Å²) < 4.78 is 0. The van der Waals surface area contributed by atoms with E-state index in [2.05, 4.69) is 36.8 Å². The van der Waals surface area contributed by atoms with Crippen molar-refractivity contribution in [1.29, 1.82) is 0 Å². The van der Waals surface area contributed by atoms with Crippen LogP contribution in [0.5, 0.6) is 0 Å². The Labute approximate surface area is 174 Å². The molecule has 6 atom stereocenters.